The molecule has 0 bridgehead atoms. The van der Waals surface area contributed by atoms with Crippen molar-refractivity contribution >= 4 is 15.9 Å². The third-order valence-electron chi connectivity index (χ3n) is 4.76. The normalized spacial score (nSPS) is 27.7. The molecule has 2 rings (SSSR count). The fourth-order valence-corrected chi connectivity index (χ4v) is 4.13. The summed E-state index contributed by atoms with van der Waals surface area (Å²) < 4.78 is 0. The first-order valence-electron chi connectivity index (χ1n) is 7.85. The number of aryl methyl sites for hydroxylation is 1. The van der Waals surface area contributed by atoms with Crippen LogP contribution < -0.4 is 0 Å². The summed E-state index contributed by atoms with van der Waals surface area (Å²) in [6, 6.07) is 10.9. The highest BCUT2D eigenvalue weighted by Gasteiger charge is 2.29. The summed E-state index contributed by atoms with van der Waals surface area (Å²) in [6.45, 7) is 4.78. The Hall–Kier alpha value is -0.300. The van der Waals surface area contributed by atoms with Crippen LogP contribution in [-0.4, -0.2) is 4.83 Å². The van der Waals surface area contributed by atoms with E-state index in [1.807, 2.05) is 0 Å². The first-order valence-corrected chi connectivity index (χ1v) is 8.76. The minimum atomic E-state index is 0.762. The van der Waals surface area contributed by atoms with Gasteiger partial charge in [0.2, 0.25) is 0 Å². The minimum absolute atomic E-state index is 0.762. The molecule has 0 nitrogen and oxygen atoms in total. The zero-order chi connectivity index (χ0) is 13.7. The lowest BCUT2D eigenvalue weighted by Crippen LogP contribution is -2.27. The molecule has 0 saturated heterocycles. The van der Waals surface area contributed by atoms with E-state index in [2.05, 4.69) is 60.1 Å². The van der Waals surface area contributed by atoms with Crippen LogP contribution in [0.15, 0.2) is 30.3 Å². The van der Waals surface area contributed by atoms with Crippen molar-refractivity contribution < 1.29 is 0 Å². The van der Waals surface area contributed by atoms with Gasteiger partial charge in [0.05, 0.1) is 0 Å². The predicted octanol–water partition coefficient (Wildman–Crippen LogP) is 5.85. The lowest BCUT2D eigenvalue weighted by Gasteiger charge is -2.35. The maximum absolute atomic E-state index is 3.92. The molecule has 1 aromatic carbocycles. The zero-order valence-electron chi connectivity index (χ0n) is 12.3. The largest absolute Gasteiger partial charge is 0.0888 e. The van der Waals surface area contributed by atoms with Crippen LogP contribution >= 0.6 is 15.9 Å². The molecule has 1 saturated carbocycles. The van der Waals surface area contributed by atoms with E-state index in [1.165, 1.54) is 44.1 Å². The molecule has 0 N–H and O–H groups in total. The number of hydrogen-bond donors (Lipinski definition) is 0. The molecule has 0 amide bonds. The van der Waals surface area contributed by atoms with Crippen LogP contribution in [0.4, 0.5) is 0 Å². The lowest BCUT2D eigenvalue weighted by molar-refractivity contribution is 0.213. The van der Waals surface area contributed by atoms with Gasteiger partial charge in [-0.15, -0.1) is 0 Å². The van der Waals surface area contributed by atoms with E-state index >= 15 is 0 Å². The molecule has 1 heteroatoms. The SMILES string of the molecule is CC(C)C1CCC(Br)C(CCCc2ccccc2)C1. The van der Waals surface area contributed by atoms with Gasteiger partial charge in [-0.2, -0.15) is 0 Å². The Morgan fingerprint density at radius 2 is 1.89 bits per heavy atom. The molecule has 1 fully saturated rings. The molecule has 19 heavy (non-hydrogen) atoms. The van der Waals surface area contributed by atoms with E-state index in [0.717, 1.165) is 22.6 Å². The predicted molar refractivity (Wildman–Crippen MR) is 87.8 cm³/mol. The third-order valence-corrected chi connectivity index (χ3v) is 5.96. The van der Waals surface area contributed by atoms with Crippen molar-refractivity contribution in [1.29, 1.82) is 0 Å². The van der Waals surface area contributed by atoms with Crippen molar-refractivity contribution in [2.45, 2.75) is 57.2 Å². The van der Waals surface area contributed by atoms with Gasteiger partial charge in [0, 0.05) is 4.83 Å². The van der Waals surface area contributed by atoms with Gasteiger partial charge in [0.1, 0.15) is 0 Å². The highest BCUT2D eigenvalue weighted by molar-refractivity contribution is 9.09. The summed E-state index contributed by atoms with van der Waals surface area (Å²) in [4.78, 5) is 0.762. The van der Waals surface area contributed by atoms with Gasteiger partial charge < -0.3 is 0 Å². The van der Waals surface area contributed by atoms with E-state index in [-0.39, 0.29) is 0 Å². The standard InChI is InChI=1S/C18H27Br/c1-14(2)16-11-12-18(19)17(13-16)10-6-9-15-7-4-3-5-8-15/h3-5,7-8,14,16-18H,6,9-13H2,1-2H3. The minimum Gasteiger partial charge on any atom is -0.0888 e. The van der Waals surface area contributed by atoms with Crippen molar-refractivity contribution in [3.8, 4) is 0 Å². The highest BCUT2D eigenvalue weighted by atomic mass is 79.9. The van der Waals surface area contributed by atoms with Gasteiger partial charge in [-0.1, -0.05) is 60.1 Å². The third kappa shape index (κ3) is 4.63. The van der Waals surface area contributed by atoms with Gasteiger partial charge >= 0.3 is 0 Å². The molecular weight excluding hydrogens is 296 g/mol. The van der Waals surface area contributed by atoms with Crippen LogP contribution in [0.3, 0.4) is 0 Å². The van der Waals surface area contributed by atoms with Crippen LogP contribution in [-0.2, 0) is 6.42 Å². The number of rotatable bonds is 5. The number of benzene rings is 1. The summed E-state index contributed by atoms with van der Waals surface area (Å²) in [5, 5.41) is 0. The fraction of sp³-hybridized carbons (Fsp3) is 0.667. The maximum atomic E-state index is 3.92. The Bertz CT molecular complexity index is 357. The molecule has 3 unspecified atom stereocenters. The van der Waals surface area contributed by atoms with E-state index < -0.39 is 0 Å². The second-order valence-electron chi connectivity index (χ2n) is 6.47. The molecule has 1 aliphatic rings. The highest BCUT2D eigenvalue weighted by Crippen LogP contribution is 2.39. The van der Waals surface area contributed by atoms with Crippen LogP contribution in [0.2, 0.25) is 0 Å². The molecular formula is C18H27Br. The second-order valence-corrected chi connectivity index (χ2v) is 7.65. The van der Waals surface area contributed by atoms with Gasteiger partial charge in [0.25, 0.3) is 0 Å². The molecule has 1 aliphatic carbocycles. The van der Waals surface area contributed by atoms with Gasteiger partial charge in [-0.05, 0) is 61.8 Å². The van der Waals surface area contributed by atoms with Crippen molar-refractivity contribution in [3.63, 3.8) is 0 Å². The fourth-order valence-electron chi connectivity index (χ4n) is 3.38. The topological polar surface area (TPSA) is 0 Å². The van der Waals surface area contributed by atoms with Crippen LogP contribution in [0, 0.1) is 17.8 Å². The Balaban J connectivity index is 1.77. The average molecular weight is 323 g/mol. The summed E-state index contributed by atoms with van der Waals surface area (Å²) in [5.41, 5.74) is 1.49. The first-order chi connectivity index (χ1) is 9.16. The molecule has 0 aliphatic heterocycles. The Morgan fingerprint density at radius 1 is 1.16 bits per heavy atom. The second kappa shape index (κ2) is 7.47. The smallest absolute Gasteiger partial charge is 0.0174 e. The van der Waals surface area contributed by atoms with Crippen LogP contribution in [0.1, 0.15) is 51.5 Å². The van der Waals surface area contributed by atoms with Crippen molar-refractivity contribution in [2.24, 2.45) is 17.8 Å². The van der Waals surface area contributed by atoms with Gasteiger partial charge in [0.15, 0.2) is 0 Å². The number of halogens is 1. The van der Waals surface area contributed by atoms with Crippen LogP contribution in [0.5, 0.6) is 0 Å². The van der Waals surface area contributed by atoms with Crippen molar-refractivity contribution in [3.05, 3.63) is 35.9 Å². The van der Waals surface area contributed by atoms with Crippen LogP contribution in [0.25, 0.3) is 0 Å². The van der Waals surface area contributed by atoms with Crippen molar-refractivity contribution in [1.82, 2.24) is 0 Å². The summed E-state index contributed by atoms with van der Waals surface area (Å²) >= 11 is 3.92. The zero-order valence-corrected chi connectivity index (χ0v) is 13.9. The van der Waals surface area contributed by atoms with E-state index in [0.29, 0.717) is 0 Å². The quantitative estimate of drug-likeness (QED) is 0.597. The Labute approximate surface area is 127 Å². The lowest BCUT2D eigenvalue weighted by atomic mass is 9.74. The van der Waals surface area contributed by atoms with E-state index in [9.17, 15) is 0 Å². The van der Waals surface area contributed by atoms with Gasteiger partial charge in [-0.3, -0.25) is 0 Å². The monoisotopic (exact) mass is 322 g/mol. The average Bonchev–Trinajstić information content (AvgIpc) is 2.42. The molecule has 0 spiro atoms. The molecule has 106 valence electrons. The number of alkyl halides is 1. The molecule has 0 radical (unpaired) electrons. The Kier molecular flexibility index (Phi) is 5.94. The molecule has 0 heterocycles. The summed E-state index contributed by atoms with van der Waals surface area (Å²) in [7, 11) is 0. The molecule has 1 aromatic rings. The first kappa shape index (κ1) is 15.1. The summed E-state index contributed by atoms with van der Waals surface area (Å²) in [5.74, 6) is 2.71. The van der Waals surface area contributed by atoms with E-state index in [4.69, 9.17) is 0 Å². The van der Waals surface area contributed by atoms with E-state index in [1.54, 1.807) is 0 Å². The molecule has 3 atom stereocenters. The van der Waals surface area contributed by atoms with Crippen molar-refractivity contribution in [2.75, 3.05) is 0 Å². The maximum Gasteiger partial charge on any atom is 0.0174 e. The summed E-state index contributed by atoms with van der Waals surface area (Å²) in [6.07, 6.45) is 8.18. The molecule has 0 aromatic heterocycles. The number of hydrogen-bond acceptors (Lipinski definition) is 0. The Morgan fingerprint density at radius 3 is 2.58 bits per heavy atom. The van der Waals surface area contributed by atoms with Gasteiger partial charge in [-0.25, -0.2) is 0 Å².